The maximum atomic E-state index is 15.0. The van der Waals surface area contributed by atoms with Crippen LogP contribution in [0.2, 0.25) is 0 Å². The second-order valence-corrected chi connectivity index (χ2v) is 20.9. The molecule has 0 radical (unpaired) electrons. The van der Waals surface area contributed by atoms with Crippen LogP contribution in [0.4, 0.5) is 8.78 Å². The zero-order valence-electron chi connectivity index (χ0n) is 34.9. The highest BCUT2D eigenvalue weighted by molar-refractivity contribution is 7.91. The molecule has 2 aliphatic carbocycles. The van der Waals surface area contributed by atoms with Crippen molar-refractivity contribution < 1.29 is 50.6 Å². The summed E-state index contributed by atoms with van der Waals surface area (Å²) >= 11 is 0. The zero-order chi connectivity index (χ0) is 42.7. The van der Waals surface area contributed by atoms with Crippen molar-refractivity contribution >= 4 is 44.4 Å². The highest BCUT2D eigenvalue weighted by atomic mass is 32.2. The van der Waals surface area contributed by atoms with Gasteiger partial charge in [0.2, 0.25) is 27.7 Å². The van der Waals surface area contributed by atoms with E-state index >= 15 is 0 Å². The summed E-state index contributed by atoms with van der Waals surface area (Å²) in [6, 6.07) is 6.44. The smallest absolute Gasteiger partial charge is 0.307 e. The number of aromatic nitrogens is 1. The first-order valence-corrected chi connectivity index (χ1v) is 22.5. The summed E-state index contributed by atoms with van der Waals surface area (Å²) in [6.45, 7) is 8.89. The molecule has 1 N–H and O–H groups in total. The van der Waals surface area contributed by atoms with Crippen LogP contribution in [0, 0.1) is 29.1 Å². The predicted molar refractivity (Wildman–Crippen MR) is 215 cm³/mol. The maximum Gasteiger partial charge on any atom is 0.307 e. The minimum Gasteiger partial charge on any atom is -0.491 e. The number of esters is 1. The van der Waals surface area contributed by atoms with Gasteiger partial charge in [0.1, 0.15) is 11.9 Å². The number of amides is 2. The van der Waals surface area contributed by atoms with Crippen molar-refractivity contribution in [2.45, 2.75) is 141 Å². The summed E-state index contributed by atoms with van der Waals surface area (Å²) in [7, 11) is -4.01. The van der Waals surface area contributed by atoms with Crippen molar-refractivity contribution in [2.75, 3.05) is 13.2 Å². The molecule has 4 heterocycles. The van der Waals surface area contributed by atoms with E-state index in [1.54, 1.807) is 6.92 Å². The summed E-state index contributed by atoms with van der Waals surface area (Å²) in [5.74, 6) is -6.74. The minimum absolute atomic E-state index is 0.0414. The Balaban J connectivity index is 1.24. The number of hydrogen-bond acceptors (Lipinski definition) is 10. The third-order valence-corrected chi connectivity index (χ3v) is 15.8. The largest absolute Gasteiger partial charge is 0.491 e. The first kappa shape index (κ1) is 43.0. The number of sulfonamides is 1. The summed E-state index contributed by atoms with van der Waals surface area (Å²) in [5.41, 5.74) is -2.74. The summed E-state index contributed by atoms with van der Waals surface area (Å²) in [4.78, 5) is 63.5. The van der Waals surface area contributed by atoms with Crippen LogP contribution in [-0.4, -0.2) is 83.4 Å². The number of aryl methyl sites for hydroxylation is 1. The fourth-order valence-electron chi connectivity index (χ4n) is 8.93. The molecule has 2 amide bonds. The van der Waals surface area contributed by atoms with Gasteiger partial charge in [0, 0.05) is 30.5 Å². The van der Waals surface area contributed by atoms with Crippen LogP contribution in [0.15, 0.2) is 36.4 Å². The highest BCUT2D eigenvalue weighted by Crippen LogP contribution is 2.58. The van der Waals surface area contributed by atoms with E-state index in [1.807, 2.05) is 50.3 Å². The van der Waals surface area contributed by atoms with Gasteiger partial charge in [-0.25, -0.2) is 22.2 Å². The van der Waals surface area contributed by atoms with E-state index in [0.29, 0.717) is 69.1 Å². The van der Waals surface area contributed by atoms with Crippen molar-refractivity contribution in [2.24, 2.45) is 29.1 Å². The lowest BCUT2D eigenvalue weighted by Gasteiger charge is -2.34. The van der Waals surface area contributed by atoms with E-state index < -0.39 is 85.7 Å². The van der Waals surface area contributed by atoms with Crippen LogP contribution in [0.25, 0.3) is 10.8 Å². The number of nitrogens with one attached hydrogen (secondary N) is 1. The Labute approximate surface area is 345 Å². The molecular formula is C44H57F2N3O9S. The highest BCUT2D eigenvalue weighted by Gasteiger charge is 2.63. The maximum absolute atomic E-state index is 15.0. The molecule has 0 spiro atoms. The fraction of sp³-hybridized carbons (Fsp3) is 0.659. The number of halogens is 2. The van der Waals surface area contributed by atoms with E-state index in [4.69, 9.17) is 19.2 Å². The number of ketones is 1. The van der Waals surface area contributed by atoms with Gasteiger partial charge in [-0.3, -0.25) is 23.9 Å². The number of benzene rings is 1. The van der Waals surface area contributed by atoms with Crippen LogP contribution in [0.3, 0.4) is 0 Å². The van der Waals surface area contributed by atoms with Gasteiger partial charge in [0.25, 0.3) is 5.92 Å². The van der Waals surface area contributed by atoms with Crippen LogP contribution in [0.1, 0.15) is 111 Å². The number of hydrogen-bond donors (Lipinski definition) is 1. The first-order valence-electron chi connectivity index (χ1n) is 21.0. The van der Waals surface area contributed by atoms with Crippen LogP contribution in [-0.2, 0) is 40.4 Å². The molecule has 15 heteroatoms. The number of carbonyl (C=O) groups excluding carboxylic acids is 4. The van der Waals surface area contributed by atoms with E-state index in [0.717, 1.165) is 31.3 Å². The number of carbonyl (C=O) groups is 4. The van der Waals surface area contributed by atoms with Crippen molar-refractivity contribution in [1.82, 2.24) is 14.6 Å². The molecule has 7 rings (SSSR count). The Morgan fingerprint density at radius 1 is 1.08 bits per heavy atom. The van der Waals surface area contributed by atoms with Crippen LogP contribution in [0.5, 0.6) is 11.6 Å². The molecule has 1 saturated heterocycles. The predicted octanol–water partition coefficient (Wildman–Crippen LogP) is 6.87. The van der Waals surface area contributed by atoms with Gasteiger partial charge in [-0.2, -0.15) is 0 Å². The molecule has 0 bridgehead atoms. The molecule has 1 aromatic heterocycles. The van der Waals surface area contributed by atoms with E-state index in [2.05, 4.69) is 4.72 Å². The number of fused-ring (bicyclic) bond motifs is 5. The lowest BCUT2D eigenvalue weighted by atomic mass is 9.82. The molecular weight excluding hydrogens is 785 g/mol. The molecule has 2 saturated carbocycles. The van der Waals surface area contributed by atoms with Gasteiger partial charge < -0.3 is 19.1 Å². The van der Waals surface area contributed by atoms with Crippen LogP contribution < -0.4 is 14.2 Å². The molecule has 0 unspecified atom stereocenters. The van der Waals surface area contributed by atoms with Crippen molar-refractivity contribution in [3.63, 3.8) is 0 Å². The van der Waals surface area contributed by atoms with Gasteiger partial charge in [-0.05, 0) is 96.0 Å². The molecule has 3 fully saturated rings. The molecule has 59 heavy (non-hydrogen) atoms. The van der Waals surface area contributed by atoms with Crippen molar-refractivity contribution in [3.05, 3.63) is 42.1 Å². The quantitative estimate of drug-likeness (QED) is 0.209. The molecule has 7 atom stereocenters. The summed E-state index contributed by atoms with van der Waals surface area (Å²) in [5, 5.41) is 1.52. The van der Waals surface area contributed by atoms with Crippen molar-refractivity contribution in [1.29, 1.82) is 0 Å². The number of nitrogens with zero attached hydrogens (tertiary/aromatic N) is 2. The monoisotopic (exact) mass is 841 g/mol. The molecule has 2 aromatic rings. The Bertz CT molecular complexity index is 2150. The van der Waals surface area contributed by atoms with E-state index in [1.165, 1.54) is 4.90 Å². The number of ether oxygens (including phenoxy) is 3. The lowest BCUT2D eigenvalue weighted by Crippen LogP contribution is -2.49. The van der Waals surface area contributed by atoms with Gasteiger partial charge in [-0.15, -0.1) is 0 Å². The Kier molecular flexibility index (Phi) is 11.4. The molecule has 12 nitrogen and oxygen atoms in total. The SMILES string of the molecule is C[C@@H]1CC/C=C\[C@@H]2C[C@@]2(C(=O)NS(=O)(=O)C2(C)CC2)CC(=O)[C@@H]2C[C@@H](Oc3nc4c(c5ccccc35)OCCC4)CN2C(=O)[C@@H](CC(=O)OC(C)(C)C(C)(F)F)[C@H](C)C1. The normalized spacial score (nSPS) is 30.4. The second kappa shape index (κ2) is 15.7. The third-order valence-electron chi connectivity index (χ3n) is 13.6. The van der Waals surface area contributed by atoms with Crippen molar-refractivity contribution in [3.8, 4) is 11.6 Å². The Hall–Kier alpha value is -4.14. The lowest BCUT2D eigenvalue weighted by molar-refractivity contribution is -0.197. The molecule has 5 aliphatic rings. The average Bonchev–Trinajstić information content (AvgIpc) is 4.04. The Morgan fingerprint density at radius 2 is 1.80 bits per heavy atom. The number of alkyl halides is 2. The first-order chi connectivity index (χ1) is 27.6. The standard InChI is InChI=1S/C44H57F2N3O9S/c1-26-12-7-8-13-28-23-44(28,40(53)48-59(54,55)42(5)17-18-42)24-35(50)34-21-29(57-38-31-15-10-9-14-30(31)37-33(47-38)16-11-19-56-37)25-49(34)39(52)32(27(2)20-26)22-36(51)58-41(3,4)43(6,45)46/h8-10,13-15,26-29,32,34H,7,11-12,16-25H2,1-6H3,(H,48,53)/b13-8-/t26-,27-,28-,29-,32+,34+,44-/m1/s1. The second-order valence-electron chi connectivity index (χ2n) is 18.7. The number of rotatable bonds is 9. The van der Waals surface area contributed by atoms with Crippen LogP contribution >= 0.6 is 0 Å². The van der Waals surface area contributed by atoms with E-state index in [9.17, 15) is 36.4 Å². The number of pyridine rings is 1. The molecule has 322 valence electrons. The minimum atomic E-state index is -4.01. The zero-order valence-corrected chi connectivity index (χ0v) is 35.7. The topological polar surface area (TPSA) is 158 Å². The number of Topliss-reactive ketones (excluding diaryl/α,β-unsaturated/α-hetero) is 1. The summed E-state index contributed by atoms with van der Waals surface area (Å²) < 4.78 is 74.7. The third kappa shape index (κ3) is 8.59. The summed E-state index contributed by atoms with van der Waals surface area (Å²) in [6.07, 6.45) is 6.80. The van der Waals surface area contributed by atoms with E-state index in [-0.39, 0.29) is 37.6 Å². The fourth-order valence-corrected chi connectivity index (χ4v) is 10.3. The molecule has 1 aromatic carbocycles. The van der Waals surface area contributed by atoms with Gasteiger partial charge in [-0.1, -0.05) is 44.2 Å². The van der Waals surface area contributed by atoms with Gasteiger partial charge in [0.15, 0.2) is 11.4 Å². The van der Waals surface area contributed by atoms with Gasteiger partial charge >= 0.3 is 5.97 Å². The van der Waals surface area contributed by atoms with Gasteiger partial charge in [0.05, 0.1) is 47.4 Å². The number of allylic oxidation sites excluding steroid dienone is 2. The molecule has 3 aliphatic heterocycles. The Morgan fingerprint density at radius 3 is 2.49 bits per heavy atom. The average molecular weight is 842 g/mol.